The fourth-order valence-corrected chi connectivity index (χ4v) is 5.84. The quantitative estimate of drug-likeness (QED) is 0.539. The number of esters is 2. The number of ether oxygens (including phenoxy) is 3. The third-order valence-corrected chi connectivity index (χ3v) is 7.14. The van der Waals surface area contributed by atoms with E-state index in [0.29, 0.717) is 5.57 Å². The molecule has 6 heteroatoms. The molecule has 1 spiro atoms. The molecule has 150 valence electrons. The maximum Gasteiger partial charge on any atom is 0.336 e. The molecule has 0 radical (unpaired) electrons. The van der Waals surface area contributed by atoms with Crippen LogP contribution in [-0.2, 0) is 23.8 Å². The van der Waals surface area contributed by atoms with Crippen LogP contribution in [0.1, 0.15) is 46.5 Å². The van der Waals surface area contributed by atoms with E-state index in [9.17, 15) is 9.59 Å². The van der Waals surface area contributed by atoms with Gasteiger partial charge in [0, 0.05) is 30.4 Å². The van der Waals surface area contributed by atoms with Crippen molar-refractivity contribution in [1.29, 1.82) is 0 Å². The van der Waals surface area contributed by atoms with Gasteiger partial charge < -0.3 is 14.2 Å². The van der Waals surface area contributed by atoms with Crippen LogP contribution in [0.25, 0.3) is 0 Å². The van der Waals surface area contributed by atoms with E-state index in [1.54, 1.807) is 6.92 Å². The van der Waals surface area contributed by atoms with Crippen molar-refractivity contribution in [2.45, 2.75) is 70.5 Å². The van der Waals surface area contributed by atoms with Gasteiger partial charge in [-0.25, -0.2) is 9.37 Å². The van der Waals surface area contributed by atoms with Crippen molar-refractivity contribution >= 4 is 17.7 Å². The molecule has 0 aliphatic carbocycles. The zero-order valence-electron chi connectivity index (χ0n) is 16.7. The predicted octanol–water partition coefficient (Wildman–Crippen LogP) is 2.36. The van der Waals surface area contributed by atoms with Gasteiger partial charge in [0.25, 0.3) is 0 Å². The molecule has 7 unspecified atom stereocenters. The summed E-state index contributed by atoms with van der Waals surface area (Å²) in [5, 5.41) is 0. The summed E-state index contributed by atoms with van der Waals surface area (Å²) >= 11 is 0. The molecule has 0 saturated carbocycles. The molecule has 5 aliphatic heterocycles. The predicted molar refractivity (Wildman–Crippen MR) is 101 cm³/mol. The summed E-state index contributed by atoms with van der Waals surface area (Å²) in [7, 11) is 0. The molecule has 6 nitrogen and oxygen atoms in total. The summed E-state index contributed by atoms with van der Waals surface area (Å²) < 4.78 is 20.3. The first-order chi connectivity index (χ1) is 13.4. The van der Waals surface area contributed by atoms with E-state index in [1.807, 2.05) is 13.0 Å². The van der Waals surface area contributed by atoms with Gasteiger partial charge in [0.2, 0.25) is 11.8 Å². The summed E-state index contributed by atoms with van der Waals surface area (Å²) in [5.74, 6) is -1.06. The van der Waals surface area contributed by atoms with Gasteiger partial charge in [-0.3, -0.25) is 4.79 Å². The number of allylic oxidation sites excluding steroid dienone is 1. The number of hydrogen-bond donors (Lipinski definition) is 0. The SMILES string of the molecule is CCC1C2C3=[N+](CCCC2OC12C=C(C)C(=O)O2)C(C1CC(C)C(=O)O1)C=C3. The Morgan fingerprint density at radius 3 is 2.75 bits per heavy atom. The molecule has 0 aromatic rings. The smallest absolute Gasteiger partial charge is 0.336 e. The average molecular weight is 386 g/mol. The number of cyclic esters (lactones) is 1. The molecular formula is C22H28NO5+. The summed E-state index contributed by atoms with van der Waals surface area (Å²) in [6.45, 7) is 6.81. The van der Waals surface area contributed by atoms with E-state index >= 15 is 0 Å². The standard InChI is InChI=1S/C22H28NO5/c1-4-14-19-16-8-7-15(18-10-12(2)20(24)26-18)23(16)9-5-6-17(19)27-22(14)11-13(3)21(25)28-22/h7-8,11-12,14-15,17-19H,4-6,9-10H2,1-3H3/q+1. The number of hydrogen-bond acceptors (Lipinski definition) is 5. The van der Waals surface area contributed by atoms with Crippen molar-refractivity contribution in [3.63, 3.8) is 0 Å². The Bertz CT molecular complexity index is 827. The third kappa shape index (κ3) is 2.46. The monoisotopic (exact) mass is 386 g/mol. The summed E-state index contributed by atoms with van der Waals surface area (Å²) in [6, 6.07) is 0.0973. The zero-order valence-corrected chi connectivity index (χ0v) is 16.7. The van der Waals surface area contributed by atoms with E-state index in [-0.39, 0.29) is 47.9 Å². The van der Waals surface area contributed by atoms with Crippen molar-refractivity contribution in [3.05, 3.63) is 23.8 Å². The Kier molecular flexibility index (Phi) is 4.06. The van der Waals surface area contributed by atoms with Crippen LogP contribution >= 0.6 is 0 Å². The van der Waals surface area contributed by atoms with E-state index in [4.69, 9.17) is 14.2 Å². The highest BCUT2D eigenvalue weighted by Gasteiger charge is 2.62. The van der Waals surface area contributed by atoms with Gasteiger partial charge >= 0.3 is 11.9 Å². The fourth-order valence-electron chi connectivity index (χ4n) is 5.84. The lowest BCUT2D eigenvalue weighted by atomic mass is 9.79. The lowest BCUT2D eigenvalue weighted by molar-refractivity contribution is -0.560. The molecule has 0 aromatic carbocycles. The second-order valence-corrected chi connectivity index (χ2v) is 8.86. The topological polar surface area (TPSA) is 64.8 Å². The lowest BCUT2D eigenvalue weighted by Crippen LogP contribution is -2.41. The van der Waals surface area contributed by atoms with E-state index in [0.717, 1.165) is 32.2 Å². The van der Waals surface area contributed by atoms with Crippen LogP contribution in [0.4, 0.5) is 0 Å². The number of carbonyl (C=O) groups is 2. The Morgan fingerprint density at radius 2 is 2.11 bits per heavy atom. The van der Waals surface area contributed by atoms with Crippen LogP contribution in [0.3, 0.4) is 0 Å². The molecule has 28 heavy (non-hydrogen) atoms. The van der Waals surface area contributed by atoms with Gasteiger partial charge in [-0.1, -0.05) is 13.8 Å². The number of rotatable bonds is 2. The Hall–Kier alpha value is -1.95. The number of fused-ring (bicyclic) bond motifs is 2. The number of nitrogens with zero attached hydrogens (tertiary/aromatic N) is 1. The molecule has 0 bridgehead atoms. The minimum Gasteiger partial charge on any atom is -0.455 e. The Balaban J connectivity index is 1.50. The largest absolute Gasteiger partial charge is 0.455 e. The molecule has 0 amide bonds. The number of carbonyl (C=O) groups excluding carboxylic acids is 2. The summed E-state index contributed by atoms with van der Waals surface area (Å²) in [5.41, 5.74) is 1.88. The van der Waals surface area contributed by atoms with E-state index in [2.05, 4.69) is 23.7 Å². The van der Waals surface area contributed by atoms with Crippen LogP contribution in [-0.4, -0.2) is 52.8 Å². The molecule has 0 aromatic heterocycles. The molecular weight excluding hydrogens is 358 g/mol. The van der Waals surface area contributed by atoms with Gasteiger partial charge in [-0.05, 0) is 31.9 Å². The second-order valence-electron chi connectivity index (χ2n) is 8.86. The molecule has 5 heterocycles. The first-order valence-electron chi connectivity index (χ1n) is 10.6. The minimum absolute atomic E-state index is 0.0327. The van der Waals surface area contributed by atoms with Gasteiger partial charge in [0.15, 0.2) is 11.8 Å². The van der Waals surface area contributed by atoms with Crippen molar-refractivity contribution in [3.8, 4) is 0 Å². The van der Waals surface area contributed by atoms with Gasteiger partial charge in [0.05, 0.1) is 17.9 Å². The molecule has 7 atom stereocenters. The average Bonchev–Trinajstić information content (AvgIpc) is 3.33. The lowest BCUT2D eigenvalue weighted by Gasteiger charge is -2.28. The second kappa shape index (κ2) is 6.28. The van der Waals surface area contributed by atoms with Crippen molar-refractivity contribution in [2.24, 2.45) is 17.8 Å². The van der Waals surface area contributed by atoms with Crippen LogP contribution in [0.2, 0.25) is 0 Å². The highest BCUT2D eigenvalue weighted by atomic mass is 16.7. The molecule has 0 N–H and O–H groups in total. The zero-order chi connectivity index (χ0) is 19.6. The third-order valence-electron chi connectivity index (χ3n) is 7.14. The summed E-state index contributed by atoms with van der Waals surface area (Å²) in [6.07, 6.45) is 9.79. The minimum atomic E-state index is -0.929. The van der Waals surface area contributed by atoms with Crippen LogP contribution < -0.4 is 0 Å². The van der Waals surface area contributed by atoms with Gasteiger partial charge in [0.1, 0.15) is 6.54 Å². The fraction of sp³-hybridized carbons (Fsp3) is 0.682. The van der Waals surface area contributed by atoms with Gasteiger partial charge in [-0.15, -0.1) is 0 Å². The van der Waals surface area contributed by atoms with Crippen molar-refractivity contribution < 1.29 is 28.4 Å². The van der Waals surface area contributed by atoms with E-state index < -0.39 is 5.79 Å². The maximum absolute atomic E-state index is 12.1. The highest BCUT2D eigenvalue weighted by Crippen LogP contribution is 2.50. The van der Waals surface area contributed by atoms with Crippen LogP contribution in [0.15, 0.2) is 23.8 Å². The molecule has 2 fully saturated rings. The normalized spacial score (nSPS) is 44.5. The van der Waals surface area contributed by atoms with Crippen LogP contribution in [0.5, 0.6) is 0 Å². The van der Waals surface area contributed by atoms with Crippen molar-refractivity contribution in [1.82, 2.24) is 0 Å². The van der Waals surface area contributed by atoms with Crippen LogP contribution in [0, 0.1) is 17.8 Å². The molecule has 5 aliphatic rings. The van der Waals surface area contributed by atoms with Crippen molar-refractivity contribution in [2.75, 3.05) is 6.54 Å². The first-order valence-corrected chi connectivity index (χ1v) is 10.6. The highest BCUT2D eigenvalue weighted by molar-refractivity contribution is 5.96. The maximum atomic E-state index is 12.1. The Morgan fingerprint density at radius 1 is 1.29 bits per heavy atom. The Labute approximate surface area is 165 Å². The molecule has 5 rings (SSSR count). The first kappa shape index (κ1) is 18.1. The molecule has 2 saturated heterocycles. The summed E-state index contributed by atoms with van der Waals surface area (Å²) in [4.78, 5) is 24.1. The van der Waals surface area contributed by atoms with Gasteiger partial charge in [-0.2, -0.15) is 0 Å². The van der Waals surface area contributed by atoms with E-state index in [1.165, 1.54) is 5.71 Å².